The highest BCUT2D eigenvalue weighted by molar-refractivity contribution is 5.98. The van der Waals surface area contributed by atoms with Crippen molar-refractivity contribution in [3.63, 3.8) is 0 Å². The number of nitrogens with one attached hydrogen (secondary N) is 1. The van der Waals surface area contributed by atoms with Crippen molar-refractivity contribution in [2.24, 2.45) is 0 Å². The Hall–Kier alpha value is -3.86. The molecular weight excluding hydrogens is 388 g/mol. The molecule has 3 aromatic carbocycles. The van der Waals surface area contributed by atoms with Gasteiger partial charge in [0, 0.05) is 25.1 Å². The molecule has 5 nitrogen and oxygen atoms in total. The number of rotatable bonds is 8. The van der Waals surface area contributed by atoms with Crippen molar-refractivity contribution in [1.29, 1.82) is 0 Å². The van der Waals surface area contributed by atoms with Gasteiger partial charge in [0.15, 0.2) is 0 Å². The number of fused-ring (bicyclic) bond motifs is 1. The molecule has 0 aliphatic rings. The summed E-state index contributed by atoms with van der Waals surface area (Å²) in [6.45, 7) is 1.15. The Morgan fingerprint density at radius 3 is 2.35 bits per heavy atom. The van der Waals surface area contributed by atoms with Gasteiger partial charge in [-0.05, 0) is 40.6 Å². The maximum atomic E-state index is 12.9. The molecular formula is C26H24N2O3. The van der Waals surface area contributed by atoms with Crippen LogP contribution in [0, 0.1) is 0 Å². The molecule has 0 atom stereocenters. The van der Waals surface area contributed by atoms with E-state index >= 15 is 0 Å². The third kappa shape index (κ3) is 5.39. The van der Waals surface area contributed by atoms with Crippen LogP contribution in [0.3, 0.4) is 0 Å². The first-order chi connectivity index (χ1) is 15.2. The van der Waals surface area contributed by atoms with Crippen molar-refractivity contribution in [3.05, 3.63) is 108 Å². The van der Waals surface area contributed by atoms with E-state index in [1.807, 2.05) is 78.9 Å². The normalized spacial score (nSPS) is 10.7. The zero-order valence-corrected chi connectivity index (χ0v) is 17.2. The average molecular weight is 412 g/mol. The van der Waals surface area contributed by atoms with E-state index in [1.165, 1.54) is 0 Å². The van der Waals surface area contributed by atoms with E-state index in [9.17, 15) is 9.59 Å². The van der Waals surface area contributed by atoms with Gasteiger partial charge >= 0.3 is 0 Å². The zero-order valence-electron chi connectivity index (χ0n) is 17.2. The molecule has 156 valence electrons. The van der Waals surface area contributed by atoms with E-state index in [-0.39, 0.29) is 24.8 Å². The van der Waals surface area contributed by atoms with Gasteiger partial charge in [0.2, 0.25) is 5.91 Å². The van der Waals surface area contributed by atoms with Gasteiger partial charge in [0.05, 0.1) is 12.8 Å². The Bertz CT molecular complexity index is 1150. The zero-order chi connectivity index (χ0) is 21.5. The van der Waals surface area contributed by atoms with Crippen LogP contribution in [0.2, 0.25) is 0 Å². The van der Waals surface area contributed by atoms with Crippen LogP contribution in [0.25, 0.3) is 10.8 Å². The van der Waals surface area contributed by atoms with Crippen LogP contribution in [0.15, 0.2) is 95.6 Å². The molecule has 0 unspecified atom stereocenters. The van der Waals surface area contributed by atoms with E-state index in [0.29, 0.717) is 18.7 Å². The Balaban J connectivity index is 1.36. The fraction of sp³-hybridized carbons (Fsp3) is 0.154. The molecule has 1 heterocycles. The van der Waals surface area contributed by atoms with Crippen LogP contribution in [-0.2, 0) is 17.9 Å². The molecule has 0 aliphatic heterocycles. The van der Waals surface area contributed by atoms with Gasteiger partial charge in [-0.15, -0.1) is 0 Å². The maximum Gasteiger partial charge on any atom is 0.251 e. The van der Waals surface area contributed by atoms with E-state index in [4.69, 9.17) is 4.42 Å². The van der Waals surface area contributed by atoms with Crippen LogP contribution in [0.5, 0.6) is 0 Å². The van der Waals surface area contributed by atoms with Gasteiger partial charge in [-0.3, -0.25) is 9.59 Å². The third-order valence-corrected chi connectivity index (χ3v) is 5.13. The minimum absolute atomic E-state index is 0.0425. The number of nitrogens with zero attached hydrogens (tertiary/aromatic N) is 1. The largest absolute Gasteiger partial charge is 0.467 e. The summed E-state index contributed by atoms with van der Waals surface area (Å²) >= 11 is 0. The Morgan fingerprint density at radius 1 is 0.806 bits per heavy atom. The number of carbonyl (C=O) groups is 2. The summed E-state index contributed by atoms with van der Waals surface area (Å²) in [5, 5.41) is 4.96. The minimum Gasteiger partial charge on any atom is -0.467 e. The smallest absolute Gasteiger partial charge is 0.251 e. The molecule has 31 heavy (non-hydrogen) atoms. The van der Waals surface area contributed by atoms with Gasteiger partial charge in [0.25, 0.3) is 5.91 Å². The lowest BCUT2D eigenvalue weighted by molar-refractivity contribution is -0.132. The van der Waals surface area contributed by atoms with Crippen LogP contribution in [0.4, 0.5) is 0 Å². The van der Waals surface area contributed by atoms with Crippen LogP contribution < -0.4 is 5.32 Å². The van der Waals surface area contributed by atoms with Crippen molar-refractivity contribution in [1.82, 2.24) is 10.2 Å². The second-order valence-electron chi connectivity index (χ2n) is 7.38. The summed E-state index contributed by atoms with van der Waals surface area (Å²) in [4.78, 5) is 27.2. The molecule has 1 aromatic heterocycles. The summed E-state index contributed by atoms with van der Waals surface area (Å²) in [6, 6.07) is 27.0. The predicted octanol–water partition coefficient (Wildman–Crippen LogP) is 4.78. The summed E-state index contributed by atoms with van der Waals surface area (Å²) in [5.74, 6) is 0.503. The number of carbonyl (C=O) groups excluding carboxylic acids is 2. The number of amides is 2. The quantitative estimate of drug-likeness (QED) is 0.453. The number of hydrogen-bond donors (Lipinski definition) is 1. The number of furan rings is 1. The van der Waals surface area contributed by atoms with Gasteiger partial charge < -0.3 is 14.6 Å². The average Bonchev–Trinajstić information content (AvgIpc) is 3.32. The minimum atomic E-state index is -0.181. The van der Waals surface area contributed by atoms with Crippen molar-refractivity contribution in [3.8, 4) is 0 Å². The van der Waals surface area contributed by atoms with E-state index in [2.05, 4.69) is 5.32 Å². The number of hydrogen-bond acceptors (Lipinski definition) is 3. The Kier molecular flexibility index (Phi) is 6.43. The second kappa shape index (κ2) is 9.76. The summed E-state index contributed by atoms with van der Waals surface area (Å²) < 4.78 is 5.42. The van der Waals surface area contributed by atoms with Crippen molar-refractivity contribution >= 4 is 22.6 Å². The fourth-order valence-electron chi connectivity index (χ4n) is 3.50. The monoisotopic (exact) mass is 412 g/mol. The van der Waals surface area contributed by atoms with Crippen LogP contribution in [-0.4, -0.2) is 23.3 Å². The fourth-order valence-corrected chi connectivity index (χ4v) is 3.50. The Labute approximate surface area is 181 Å². The summed E-state index contributed by atoms with van der Waals surface area (Å²) in [5.41, 5.74) is 1.63. The summed E-state index contributed by atoms with van der Waals surface area (Å²) in [7, 11) is 0. The van der Waals surface area contributed by atoms with Crippen molar-refractivity contribution in [2.75, 3.05) is 6.54 Å². The molecule has 4 aromatic rings. The molecule has 0 bridgehead atoms. The maximum absolute atomic E-state index is 12.9. The van der Waals surface area contributed by atoms with Gasteiger partial charge in [-0.1, -0.05) is 60.7 Å². The lowest BCUT2D eigenvalue weighted by Gasteiger charge is -2.22. The van der Waals surface area contributed by atoms with Crippen LogP contribution in [0.1, 0.15) is 28.1 Å². The van der Waals surface area contributed by atoms with Crippen molar-refractivity contribution in [2.45, 2.75) is 19.5 Å². The van der Waals surface area contributed by atoms with Gasteiger partial charge in [-0.25, -0.2) is 0 Å². The highest BCUT2D eigenvalue weighted by atomic mass is 16.3. The Morgan fingerprint density at radius 2 is 1.58 bits per heavy atom. The van der Waals surface area contributed by atoms with E-state index in [0.717, 1.165) is 22.1 Å². The van der Waals surface area contributed by atoms with E-state index < -0.39 is 0 Å². The first kappa shape index (κ1) is 20.4. The van der Waals surface area contributed by atoms with Gasteiger partial charge in [-0.2, -0.15) is 0 Å². The second-order valence-corrected chi connectivity index (χ2v) is 7.38. The van der Waals surface area contributed by atoms with Crippen molar-refractivity contribution < 1.29 is 14.0 Å². The van der Waals surface area contributed by atoms with Crippen LogP contribution >= 0.6 is 0 Å². The molecule has 1 N–H and O–H groups in total. The third-order valence-electron chi connectivity index (χ3n) is 5.13. The molecule has 4 rings (SSSR count). The molecule has 0 fully saturated rings. The first-order valence-corrected chi connectivity index (χ1v) is 10.3. The van der Waals surface area contributed by atoms with Gasteiger partial charge in [0.1, 0.15) is 5.76 Å². The van der Waals surface area contributed by atoms with E-state index in [1.54, 1.807) is 17.2 Å². The predicted molar refractivity (Wildman–Crippen MR) is 120 cm³/mol. The molecule has 0 spiro atoms. The lowest BCUT2D eigenvalue weighted by atomic mass is 10.1. The lowest BCUT2D eigenvalue weighted by Crippen LogP contribution is -2.34. The highest BCUT2D eigenvalue weighted by Crippen LogP contribution is 2.16. The SMILES string of the molecule is O=C(NCCC(=O)N(Cc1ccccc1)Cc1ccco1)c1ccc2ccccc2c1. The molecule has 0 aliphatic carbocycles. The first-order valence-electron chi connectivity index (χ1n) is 10.3. The molecule has 2 amide bonds. The molecule has 0 radical (unpaired) electrons. The summed E-state index contributed by atoms with van der Waals surface area (Å²) in [6.07, 6.45) is 1.82. The molecule has 0 saturated carbocycles. The molecule has 5 heteroatoms. The highest BCUT2D eigenvalue weighted by Gasteiger charge is 2.16. The number of benzene rings is 3. The topological polar surface area (TPSA) is 62.6 Å². The molecule has 0 saturated heterocycles. The standard InChI is InChI=1S/C26H24N2O3/c29-25(28(19-24-11-6-16-31-24)18-20-7-2-1-3-8-20)14-15-27-26(30)23-13-12-21-9-4-5-10-22(21)17-23/h1-13,16-17H,14-15,18-19H2,(H,27,30).